The van der Waals surface area contributed by atoms with Crippen molar-refractivity contribution in [2.45, 2.75) is 26.1 Å². The lowest BCUT2D eigenvalue weighted by Gasteiger charge is -2.15. The van der Waals surface area contributed by atoms with Crippen LogP contribution in [0.4, 0.5) is 17.1 Å². The summed E-state index contributed by atoms with van der Waals surface area (Å²) in [4.78, 5) is 37.6. The van der Waals surface area contributed by atoms with E-state index in [1.54, 1.807) is 86.6 Å². The third-order valence-electron chi connectivity index (χ3n) is 5.68. The van der Waals surface area contributed by atoms with Crippen LogP contribution in [0.5, 0.6) is 11.5 Å². The van der Waals surface area contributed by atoms with Crippen LogP contribution < -0.4 is 25.4 Å². The smallest absolute Gasteiger partial charge is 0.265 e. The van der Waals surface area contributed by atoms with Gasteiger partial charge in [0.15, 0.2) is 12.2 Å². The van der Waals surface area contributed by atoms with E-state index in [2.05, 4.69) is 16.0 Å². The Hall–Kier alpha value is -5.11. The largest absolute Gasteiger partial charge is 0.481 e. The monoisotopic (exact) mass is 523 g/mol. The number of para-hydroxylation sites is 2. The Morgan fingerprint density at radius 2 is 0.872 bits per heavy atom. The Morgan fingerprint density at radius 1 is 0.513 bits per heavy atom. The lowest BCUT2D eigenvalue weighted by molar-refractivity contribution is -0.122. The Kier molecular flexibility index (Phi) is 8.92. The van der Waals surface area contributed by atoms with E-state index in [4.69, 9.17) is 9.47 Å². The topological polar surface area (TPSA) is 106 Å². The molecule has 2 atom stereocenters. The van der Waals surface area contributed by atoms with Gasteiger partial charge in [-0.2, -0.15) is 0 Å². The molecule has 0 spiro atoms. The molecule has 0 bridgehead atoms. The van der Waals surface area contributed by atoms with Crippen LogP contribution in [0, 0.1) is 0 Å². The predicted octanol–water partition coefficient (Wildman–Crippen LogP) is 5.75. The summed E-state index contributed by atoms with van der Waals surface area (Å²) in [5, 5.41) is 8.40. The van der Waals surface area contributed by atoms with Crippen LogP contribution in [-0.4, -0.2) is 29.9 Å². The van der Waals surface area contributed by atoms with Gasteiger partial charge in [-0.3, -0.25) is 14.4 Å². The van der Waals surface area contributed by atoms with Crippen LogP contribution in [0.15, 0.2) is 109 Å². The van der Waals surface area contributed by atoms with E-state index < -0.39 is 12.2 Å². The molecular formula is C31H29N3O5. The highest BCUT2D eigenvalue weighted by atomic mass is 16.5. The Balaban J connectivity index is 1.26. The number of ether oxygens (including phenoxy) is 2. The summed E-state index contributed by atoms with van der Waals surface area (Å²) in [5.41, 5.74) is 2.11. The molecule has 0 saturated carbocycles. The molecular weight excluding hydrogens is 494 g/mol. The second-order valence-corrected chi connectivity index (χ2v) is 8.73. The first-order chi connectivity index (χ1) is 18.9. The fraction of sp³-hybridized carbons (Fsp3) is 0.129. The van der Waals surface area contributed by atoms with Crippen LogP contribution >= 0.6 is 0 Å². The zero-order valence-electron chi connectivity index (χ0n) is 21.6. The summed E-state index contributed by atoms with van der Waals surface area (Å²) >= 11 is 0. The van der Waals surface area contributed by atoms with Crippen molar-refractivity contribution in [2.24, 2.45) is 0 Å². The van der Waals surface area contributed by atoms with Crippen LogP contribution in [-0.2, 0) is 9.59 Å². The highest BCUT2D eigenvalue weighted by Gasteiger charge is 2.16. The quantitative estimate of drug-likeness (QED) is 0.245. The molecule has 0 aliphatic carbocycles. The van der Waals surface area contributed by atoms with E-state index in [1.165, 1.54) is 0 Å². The highest BCUT2D eigenvalue weighted by Crippen LogP contribution is 2.18. The second-order valence-electron chi connectivity index (χ2n) is 8.73. The second kappa shape index (κ2) is 12.9. The average molecular weight is 524 g/mol. The van der Waals surface area contributed by atoms with Crippen molar-refractivity contribution >= 4 is 34.8 Å². The van der Waals surface area contributed by atoms with Crippen molar-refractivity contribution in [3.63, 3.8) is 0 Å². The lowest BCUT2D eigenvalue weighted by atomic mass is 10.1. The molecule has 3 amide bonds. The summed E-state index contributed by atoms with van der Waals surface area (Å²) in [5.74, 6) is 0.317. The molecule has 0 heterocycles. The molecule has 0 unspecified atom stereocenters. The highest BCUT2D eigenvalue weighted by molar-refractivity contribution is 6.05. The standard InChI is InChI=1S/C31H29N3O5/c1-21(38-27-9-5-3-6-10-27)29(35)32-24-15-13-23(14-16-24)31(37)34-26-19-17-25(18-20-26)33-30(36)22(2)39-28-11-7-4-8-12-28/h3-22H,1-2H3,(H,32,35)(H,33,36)(H,34,37)/t21-,22+/m1/s1. The Labute approximate surface area is 227 Å². The van der Waals surface area contributed by atoms with Gasteiger partial charge in [-0.15, -0.1) is 0 Å². The number of carbonyl (C=O) groups excluding carboxylic acids is 3. The van der Waals surface area contributed by atoms with Gasteiger partial charge in [0.25, 0.3) is 17.7 Å². The summed E-state index contributed by atoms with van der Waals surface area (Å²) in [6.45, 7) is 3.34. The maximum atomic E-state index is 12.7. The minimum atomic E-state index is -0.692. The maximum Gasteiger partial charge on any atom is 0.265 e. The predicted molar refractivity (Wildman–Crippen MR) is 151 cm³/mol. The maximum absolute atomic E-state index is 12.7. The molecule has 4 aromatic carbocycles. The minimum Gasteiger partial charge on any atom is -0.481 e. The number of nitrogens with one attached hydrogen (secondary N) is 3. The Morgan fingerprint density at radius 3 is 1.28 bits per heavy atom. The summed E-state index contributed by atoms with van der Waals surface area (Å²) in [6, 6.07) is 31.5. The van der Waals surface area contributed by atoms with Crippen LogP contribution in [0.1, 0.15) is 24.2 Å². The number of hydrogen-bond acceptors (Lipinski definition) is 5. The molecule has 0 radical (unpaired) electrons. The zero-order chi connectivity index (χ0) is 27.6. The van der Waals surface area contributed by atoms with Gasteiger partial charge in [0, 0.05) is 22.6 Å². The molecule has 0 aliphatic rings. The van der Waals surface area contributed by atoms with Crippen LogP contribution in [0.2, 0.25) is 0 Å². The first-order valence-electron chi connectivity index (χ1n) is 12.4. The third kappa shape index (κ3) is 7.93. The lowest BCUT2D eigenvalue weighted by Crippen LogP contribution is -2.30. The number of anilines is 3. The van der Waals surface area contributed by atoms with Gasteiger partial charge < -0.3 is 25.4 Å². The van der Waals surface area contributed by atoms with Gasteiger partial charge >= 0.3 is 0 Å². The number of benzene rings is 4. The van der Waals surface area contributed by atoms with Crippen molar-refractivity contribution in [1.82, 2.24) is 0 Å². The van der Waals surface area contributed by atoms with Gasteiger partial charge in [0.1, 0.15) is 11.5 Å². The van der Waals surface area contributed by atoms with Gasteiger partial charge in [-0.05, 0) is 86.6 Å². The first-order valence-corrected chi connectivity index (χ1v) is 12.4. The van der Waals surface area contributed by atoms with Gasteiger partial charge in [0.05, 0.1) is 0 Å². The molecule has 3 N–H and O–H groups in total. The molecule has 0 aromatic heterocycles. The van der Waals surface area contributed by atoms with E-state index in [1.807, 2.05) is 36.4 Å². The van der Waals surface area contributed by atoms with Crippen molar-refractivity contribution in [2.75, 3.05) is 16.0 Å². The fourth-order valence-electron chi connectivity index (χ4n) is 3.55. The normalized spacial score (nSPS) is 11.9. The zero-order valence-corrected chi connectivity index (χ0v) is 21.6. The molecule has 198 valence electrons. The van der Waals surface area contributed by atoms with Gasteiger partial charge in [0.2, 0.25) is 0 Å². The molecule has 39 heavy (non-hydrogen) atoms. The van der Waals surface area contributed by atoms with Crippen molar-refractivity contribution < 1.29 is 23.9 Å². The summed E-state index contributed by atoms with van der Waals surface area (Å²) in [7, 11) is 0. The minimum absolute atomic E-state index is 0.288. The summed E-state index contributed by atoms with van der Waals surface area (Å²) < 4.78 is 11.3. The van der Waals surface area contributed by atoms with Crippen molar-refractivity contribution in [3.8, 4) is 11.5 Å². The van der Waals surface area contributed by atoms with Crippen LogP contribution in [0.3, 0.4) is 0 Å². The fourth-order valence-corrected chi connectivity index (χ4v) is 3.55. The van der Waals surface area contributed by atoms with E-state index in [9.17, 15) is 14.4 Å². The SMILES string of the molecule is C[C@H](Oc1ccccc1)C(=O)Nc1ccc(NC(=O)c2ccc(NC(=O)[C@@H](C)Oc3ccccc3)cc2)cc1. The molecule has 0 fully saturated rings. The molecule has 4 aromatic rings. The van der Waals surface area contributed by atoms with E-state index in [0.717, 1.165) is 0 Å². The summed E-state index contributed by atoms with van der Waals surface area (Å²) in [6.07, 6.45) is -1.37. The molecule has 0 aliphatic heterocycles. The number of rotatable bonds is 10. The number of carbonyl (C=O) groups is 3. The van der Waals surface area contributed by atoms with Gasteiger partial charge in [-0.25, -0.2) is 0 Å². The van der Waals surface area contributed by atoms with Crippen molar-refractivity contribution in [3.05, 3.63) is 115 Å². The van der Waals surface area contributed by atoms with E-state index in [-0.39, 0.29) is 17.7 Å². The third-order valence-corrected chi connectivity index (χ3v) is 5.68. The number of amides is 3. The van der Waals surface area contributed by atoms with E-state index in [0.29, 0.717) is 34.1 Å². The average Bonchev–Trinajstić information content (AvgIpc) is 2.95. The Bertz CT molecular complexity index is 1390. The van der Waals surface area contributed by atoms with E-state index >= 15 is 0 Å². The van der Waals surface area contributed by atoms with Crippen molar-refractivity contribution in [1.29, 1.82) is 0 Å². The molecule has 0 saturated heterocycles. The van der Waals surface area contributed by atoms with Gasteiger partial charge in [-0.1, -0.05) is 36.4 Å². The molecule has 8 heteroatoms. The molecule has 8 nitrogen and oxygen atoms in total. The molecule has 4 rings (SSSR count). The van der Waals surface area contributed by atoms with Crippen LogP contribution in [0.25, 0.3) is 0 Å². The first kappa shape index (κ1) is 26.9. The number of hydrogen-bond donors (Lipinski definition) is 3.